The molecule has 1 aromatic carbocycles. The number of carboxylic acids is 1. The van der Waals surface area contributed by atoms with E-state index < -0.39 is 5.97 Å². The molecule has 4 heteroatoms. The Kier molecular flexibility index (Phi) is 4.20. The third-order valence-electron chi connectivity index (χ3n) is 3.29. The normalized spacial score (nSPS) is 19.9. The molecular weight excluding hydrogens is 230 g/mol. The second-order valence-electron chi connectivity index (χ2n) is 4.84. The van der Waals surface area contributed by atoms with Crippen LogP contribution in [0, 0.1) is 5.92 Å². The van der Waals surface area contributed by atoms with Gasteiger partial charge in [-0.05, 0) is 31.0 Å². The van der Waals surface area contributed by atoms with Crippen LogP contribution in [0.25, 0.3) is 0 Å². The molecule has 0 saturated carbocycles. The number of benzene rings is 1. The summed E-state index contributed by atoms with van der Waals surface area (Å²) in [6.45, 7) is 5.88. The summed E-state index contributed by atoms with van der Waals surface area (Å²) in [5.41, 5.74) is 0.229. The summed E-state index contributed by atoms with van der Waals surface area (Å²) >= 11 is 0. The van der Waals surface area contributed by atoms with Crippen molar-refractivity contribution in [3.05, 3.63) is 29.8 Å². The van der Waals surface area contributed by atoms with Gasteiger partial charge in [0.25, 0.3) is 0 Å². The number of carboxylic acid groups (broad SMARTS) is 1. The van der Waals surface area contributed by atoms with Gasteiger partial charge >= 0.3 is 5.97 Å². The number of rotatable bonds is 5. The van der Waals surface area contributed by atoms with Gasteiger partial charge in [0.15, 0.2) is 0 Å². The minimum Gasteiger partial charge on any atom is -0.491 e. The molecule has 0 amide bonds. The summed E-state index contributed by atoms with van der Waals surface area (Å²) in [4.78, 5) is 13.3. The minimum absolute atomic E-state index is 0.229. The number of likely N-dealkylation sites (tertiary alicyclic amines) is 1. The van der Waals surface area contributed by atoms with Crippen LogP contribution in [-0.4, -0.2) is 42.2 Å². The summed E-state index contributed by atoms with van der Waals surface area (Å²) < 4.78 is 5.57. The van der Waals surface area contributed by atoms with Crippen LogP contribution in [0.4, 0.5) is 0 Å². The molecule has 4 nitrogen and oxygen atoms in total. The van der Waals surface area contributed by atoms with Crippen molar-refractivity contribution in [2.75, 3.05) is 26.2 Å². The predicted molar refractivity (Wildman–Crippen MR) is 69.1 cm³/mol. The number of carbonyl (C=O) groups is 1. The van der Waals surface area contributed by atoms with E-state index in [9.17, 15) is 4.79 Å². The van der Waals surface area contributed by atoms with Crippen molar-refractivity contribution in [3.63, 3.8) is 0 Å². The maximum Gasteiger partial charge on any atom is 0.339 e. The lowest BCUT2D eigenvalue weighted by Gasteiger charge is -2.16. The molecule has 1 heterocycles. The SMILES string of the molecule is CC1CCN(CCOc2ccccc2C(=O)O)C1. The van der Waals surface area contributed by atoms with Crippen molar-refractivity contribution in [2.24, 2.45) is 5.92 Å². The second-order valence-corrected chi connectivity index (χ2v) is 4.84. The zero-order valence-corrected chi connectivity index (χ0v) is 10.6. The smallest absolute Gasteiger partial charge is 0.339 e. The largest absolute Gasteiger partial charge is 0.491 e. The monoisotopic (exact) mass is 249 g/mol. The Morgan fingerprint density at radius 1 is 1.50 bits per heavy atom. The van der Waals surface area contributed by atoms with E-state index in [4.69, 9.17) is 9.84 Å². The van der Waals surface area contributed by atoms with E-state index in [1.165, 1.54) is 6.42 Å². The van der Waals surface area contributed by atoms with Gasteiger partial charge in [0.05, 0.1) is 0 Å². The first kappa shape index (κ1) is 12.9. The van der Waals surface area contributed by atoms with E-state index in [1.807, 2.05) is 0 Å². The van der Waals surface area contributed by atoms with Crippen molar-refractivity contribution in [1.82, 2.24) is 4.90 Å². The fourth-order valence-corrected chi connectivity index (χ4v) is 2.28. The zero-order valence-electron chi connectivity index (χ0n) is 10.6. The predicted octanol–water partition coefficient (Wildman–Crippen LogP) is 2.11. The lowest BCUT2D eigenvalue weighted by molar-refractivity contribution is 0.0691. The molecule has 0 bridgehead atoms. The van der Waals surface area contributed by atoms with Gasteiger partial charge in [0.1, 0.15) is 17.9 Å². The molecule has 98 valence electrons. The van der Waals surface area contributed by atoms with E-state index in [-0.39, 0.29) is 5.56 Å². The Labute approximate surface area is 107 Å². The van der Waals surface area contributed by atoms with Gasteiger partial charge in [-0.2, -0.15) is 0 Å². The van der Waals surface area contributed by atoms with E-state index in [0.29, 0.717) is 12.4 Å². The number of ether oxygens (including phenoxy) is 1. The Hall–Kier alpha value is -1.55. The molecule has 1 aliphatic heterocycles. The molecule has 18 heavy (non-hydrogen) atoms. The Balaban J connectivity index is 1.85. The molecule has 1 fully saturated rings. The van der Waals surface area contributed by atoms with Crippen LogP contribution in [0.15, 0.2) is 24.3 Å². The third kappa shape index (κ3) is 3.23. The van der Waals surface area contributed by atoms with Crippen LogP contribution in [0.2, 0.25) is 0 Å². The number of aromatic carboxylic acids is 1. The van der Waals surface area contributed by atoms with Gasteiger partial charge in [0, 0.05) is 13.1 Å². The highest BCUT2D eigenvalue weighted by Crippen LogP contribution is 2.18. The van der Waals surface area contributed by atoms with Gasteiger partial charge in [-0.3, -0.25) is 4.90 Å². The van der Waals surface area contributed by atoms with E-state index in [1.54, 1.807) is 24.3 Å². The first-order valence-electron chi connectivity index (χ1n) is 6.34. The summed E-state index contributed by atoms with van der Waals surface area (Å²) in [5, 5.41) is 9.02. The van der Waals surface area contributed by atoms with Crippen molar-refractivity contribution in [2.45, 2.75) is 13.3 Å². The molecular formula is C14H19NO3. The lowest BCUT2D eigenvalue weighted by Crippen LogP contribution is -2.26. The standard InChI is InChI=1S/C14H19NO3/c1-11-6-7-15(10-11)8-9-18-13-5-3-2-4-12(13)14(16)17/h2-5,11H,6-10H2,1H3,(H,16,17). The fraction of sp³-hybridized carbons (Fsp3) is 0.500. The van der Waals surface area contributed by atoms with Crippen molar-refractivity contribution in [1.29, 1.82) is 0 Å². The summed E-state index contributed by atoms with van der Waals surface area (Å²) in [6, 6.07) is 6.77. The van der Waals surface area contributed by atoms with Crippen LogP contribution < -0.4 is 4.74 Å². The number of hydrogen-bond acceptors (Lipinski definition) is 3. The van der Waals surface area contributed by atoms with Crippen LogP contribution in [0.5, 0.6) is 5.75 Å². The Bertz CT molecular complexity index is 419. The number of hydrogen-bond donors (Lipinski definition) is 1. The molecule has 0 spiro atoms. The zero-order chi connectivity index (χ0) is 13.0. The molecule has 0 aromatic heterocycles. The molecule has 1 saturated heterocycles. The molecule has 1 aliphatic rings. The first-order chi connectivity index (χ1) is 8.66. The molecule has 2 rings (SSSR count). The average Bonchev–Trinajstić information content (AvgIpc) is 2.75. The third-order valence-corrected chi connectivity index (χ3v) is 3.29. The summed E-state index contributed by atoms with van der Waals surface area (Å²) in [6.07, 6.45) is 1.24. The highest BCUT2D eigenvalue weighted by atomic mass is 16.5. The molecule has 1 N–H and O–H groups in total. The van der Waals surface area contributed by atoms with Gasteiger partial charge in [0.2, 0.25) is 0 Å². The number of nitrogens with zero attached hydrogens (tertiary/aromatic N) is 1. The van der Waals surface area contributed by atoms with Gasteiger partial charge in [-0.15, -0.1) is 0 Å². The first-order valence-corrected chi connectivity index (χ1v) is 6.34. The maximum absolute atomic E-state index is 11.0. The maximum atomic E-state index is 11.0. The van der Waals surface area contributed by atoms with E-state index >= 15 is 0 Å². The quantitative estimate of drug-likeness (QED) is 0.868. The van der Waals surface area contributed by atoms with Crippen molar-refractivity contribution in [3.8, 4) is 5.75 Å². The van der Waals surface area contributed by atoms with Crippen molar-refractivity contribution < 1.29 is 14.6 Å². The Morgan fingerprint density at radius 2 is 2.28 bits per heavy atom. The van der Waals surface area contributed by atoms with E-state index in [0.717, 1.165) is 25.6 Å². The molecule has 1 unspecified atom stereocenters. The van der Waals surface area contributed by atoms with Gasteiger partial charge in [-0.25, -0.2) is 4.79 Å². The summed E-state index contributed by atoms with van der Waals surface area (Å²) in [7, 11) is 0. The van der Waals surface area contributed by atoms with Gasteiger partial charge in [-0.1, -0.05) is 19.1 Å². The van der Waals surface area contributed by atoms with E-state index in [2.05, 4.69) is 11.8 Å². The average molecular weight is 249 g/mol. The molecule has 1 atom stereocenters. The molecule has 0 aliphatic carbocycles. The Morgan fingerprint density at radius 3 is 2.94 bits per heavy atom. The fourth-order valence-electron chi connectivity index (χ4n) is 2.28. The highest BCUT2D eigenvalue weighted by Gasteiger charge is 2.18. The topological polar surface area (TPSA) is 49.8 Å². The second kappa shape index (κ2) is 5.87. The van der Waals surface area contributed by atoms with Crippen LogP contribution in [0.3, 0.4) is 0 Å². The number of para-hydroxylation sites is 1. The summed E-state index contributed by atoms with van der Waals surface area (Å²) in [5.74, 6) is 0.272. The van der Waals surface area contributed by atoms with Crippen molar-refractivity contribution >= 4 is 5.97 Å². The lowest BCUT2D eigenvalue weighted by atomic mass is 10.2. The highest BCUT2D eigenvalue weighted by molar-refractivity contribution is 5.90. The van der Waals surface area contributed by atoms with Crippen LogP contribution >= 0.6 is 0 Å². The van der Waals surface area contributed by atoms with Gasteiger partial charge < -0.3 is 9.84 Å². The van der Waals surface area contributed by atoms with Crippen LogP contribution in [-0.2, 0) is 0 Å². The minimum atomic E-state index is -0.944. The molecule has 0 radical (unpaired) electrons. The molecule has 1 aromatic rings. The van der Waals surface area contributed by atoms with Crippen LogP contribution in [0.1, 0.15) is 23.7 Å².